The van der Waals surface area contributed by atoms with Gasteiger partial charge in [0.2, 0.25) is 0 Å². The van der Waals surface area contributed by atoms with Crippen LogP contribution in [-0.2, 0) is 9.84 Å². The molecule has 1 aromatic heterocycles. The predicted molar refractivity (Wildman–Crippen MR) is 111 cm³/mol. The van der Waals surface area contributed by atoms with Gasteiger partial charge in [-0.1, -0.05) is 6.07 Å². The molecule has 1 atom stereocenters. The summed E-state index contributed by atoms with van der Waals surface area (Å²) in [4.78, 5) is 8.40. The number of rotatable bonds is 8. The lowest BCUT2D eigenvalue weighted by atomic mass is 10.2. The van der Waals surface area contributed by atoms with E-state index in [-0.39, 0.29) is 6.54 Å². The van der Waals surface area contributed by atoms with Crippen LogP contribution in [-0.4, -0.2) is 63.0 Å². The number of thiophene rings is 1. The van der Waals surface area contributed by atoms with Crippen LogP contribution < -0.4 is 10.6 Å². The summed E-state index contributed by atoms with van der Waals surface area (Å²) in [7, 11) is -3.16. The van der Waals surface area contributed by atoms with E-state index in [2.05, 4.69) is 38.0 Å². The van der Waals surface area contributed by atoms with Crippen molar-refractivity contribution in [1.82, 2.24) is 15.5 Å². The molecule has 0 aliphatic carbocycles. The molecule has 1 unspecified atom stereocenters. The van der Waals surface area contributed by atoms with E-state index in [4.69, 9.17) is 0 Å². The van der Waals surface area contributed by atoms with Gasteiger partial charge in [0.1, 0.15) is 0 Å². The molecule has 0 saturated carbocycles. The number of likely N-dealkylation sites (tertiary alicyclic amines) is 1. The molecule has 1 aliphatic heterocycles. The minimum Gasteiger partial charge on any atom is -0.357 e. The van der Waals surface area contributed by atoms with Crippen LogP contribution in [0.2, 0.25) is 0 Å². The van der Waals surface area contributed by atoms with Gasteiger partial charge < -0.3 is 10.6 Å². The number of nitrogens with one attached hydrogen (secondary N) is 2. The van der Waals surface area contributed by atoms with Gasteiger partial charge >= 0.3 is 0 Å². The molecule has 2 N–H and O–H groups in total. The third kappa shape index (κ3) is 5.69. The zero-order valence-corrected chi connectivity index (χ0v) is 17.9. The molecule has 148 valence electrons. The van der Waals surface area contributed by atoms with E-state index < -0.39 is 14.6 Å². The third-order valence-electron chi connectivity index (χ3n) is 4.88. The van der Waals surface area contributed by atoms with Crippen LogP contribution in [0, 0.1) is 0 Å². The second-order valence-corrected chi connectivity index (χ2v) is 11.0. The molecule has 0 aromatic carbocycles. The average molecular weight is 401 g/mol. The lowest BCUT2D eigenvalue weighted by molar-refractivity contribution is 0.249. The van der Waals surface area contributed by atoms with Gasteiger partial charge in [0.25, 0.3) is 0 Å². The molecule has 1 fully saturated rings. The minimum atomic E-state index is -3.16. The Labute approximate surface area is 162 Å². The van der Waals surface area contributed by atoms with Crippen molar-refractivity contribution in [1.29, 1.82) is 0 Å². The minimum absolute atomic E-state index is 0.231. The van der Waals surface area contributed by atoms with E-state index in [9.17, 15) is 8.42 Å². The zero-order chi connectivity index (χ0) is 19.2. The standard InChI is InChI=1S/C18H32N4O2S2/c1-5-19-17(21-14-18(2,3)26(4,23)24)20-13-15(16-9-8-12-25-16)22-10-6-7-11-22/h8-9,12,15H,5-7,10-11,13-14H2,1-4H3,(H2,19,20,21). The second kappa shape index (κ2) is 9.19. The predicted octanol–water partition coefficient (Wildman–Crippen LogP) is 2.26. The normalized spacial score (nSPS) is 18.1. The Bertz CT molecular complexity index is 678. The molecule has 6 nitrogen and oxygen atoms in total. The number of sulfone groups is 1. The first-order valence-electron chi connectivity index (χ1n) is 9.24. The van der Waals surface area contributed by atoms with Crippen LogP contribution in [0.5, 0.6) is 0 Å². The van der Waals surface area contributed by atoms with E-state index in [1.165, 1.54) is 24.0 Å². The van der Waals surface area contributed by atoms with Gasteiger partial charge in [-0.3, -0.25) is 9.89 Å². The maximum absolute atomic E-state index is 11.9. The van der Waals surface area contributed by atoms with Crippen LogP contribution in [0.15, 0.2) is 22.5 Å². The van der Waals surface area contributed by atoms with Gasteiger partial charge in [-0.25, -0.2) is 8.42 Å². The van der Waals surface area contributed by atoms with Crippen LogP contribution in [0.4, 0.5) is 0 Å². The number of guanidine groups is 1. The van der Waals surface area contributed by atoms with E-state index in [0.29, 0.717) is 12.0 Å². The van der Waals surface area contributed by atoms with Gasteiger partial charge in [-0.2, -0.15) is 0 Å². The fraction of sp³-hybridized carbons (Fsp3) is 0.722. The summed E-state index contributed by atoms with van der Waals surface area (Å²) in [5.41, 5.74) is 0. The summed E-state index contributed by atoms with van der Waals surface area (Å²) >= 11 is 1.78. The largest absolute Gasteiger partial charge is 0.357 e. The average Bonchev–Trinajstić information content (AvgIpc) is 3.25. The Balaban J connectivity index is 2.06. The monoisotopic (exact) mass is 400 g/mol. The second-order valence-electron chi connectivity index (χ2n) is 7.38. The summed E-state index contributed by atoms with van der Waals surface area (Å²) in [6.07, 6.45) is 3.76. The summed E-state index contributed by atoms with van der Waals surface area (Å²) in [5.74, 6) is 0.671. The Morgan fingerprint density at radius 2 is 2.04 bits per heavy atom. The number of aliphatic imine (C=N–C) groups is 1. The Morgan fingerprint density at radius 3 is 2.58 bits per heavy atom. The summed E-state index contributed by atoms with van der Waals surface area (Å²) in [6, 6.07) is 4.60. The fourth-order valence-corrected chi connectivity index (χ4v) is 4.03. The van der Waals surface area contributed by atoms with Crippen molar-refractivity contribution in [3.05, 3.63) is 22.4 Å². The Morgan fingerprint density at radius 1 is 1.35 bits per heavy atom. The lowest BCUT2D eigenvalue weighted by Crippen LogP contribution is -2.44. The van der Waals surface area contributed by atoms with Gasteiger partial charge in [0.15, 0.2) is 15.8 Å². The summed E-state index contributed by atoms with van der Waals surface area (Å²) in [5, 5.41) is 8.76. The Kier molecular flexibility index (Phi) is 7.49. The molecule has 1 aromatic rings. The maximum atomic E-state index is 11.9. The first-order valence-corrected chi connectivity index (χ1v) is 12.0. The van der Waals surface area contributed by atoms with E-state index in [0.717, 1.165) is 26.2 Å². The molecular weight excluding hydrogens is 368 g/mol. The number of nitrogens with zero attached hydrogens (tertiary/aromatic N) is 2. The molecule has 1 aliphatic rings. The smallest absolute Gasteiger partial charge is 0.191 e. The van der Waals surface area contributed by atoms with Crippen molar-refractivity contribution >= 4 is 27.1 Å². The molecule has 0 bridgehead atoms. The lowest BCUT2D eigenvalue weighted by Gasteiger charge is -2.28. The Hall–Kier alpha value is -1.12. The van der Waals surface area contributed by atoms with Crippen LogP contribution >= 0.6 is 11.3 Å². The van der Waals surface area contributed by atoms with Gasteiger partial charge in [-0.05, 0) is 58.1 Å². The number of hydrogen-bond donors (Lipinski definition) is 2. The van der Waals surface area contributed by atoms with E-state index >= 15 is 0 Å². The molecular formula is C18H32N4O2S2. The highest BCUT2D eigenvalue weighted by Crippen LogP contribution is 2.27. The van der Waals surface area contributed by atoms with Gasteiger partial charge in [-0.15, -0.1) is 11.3 Å². The van der Waals surface area contributed by atoms with Crippen molar-refractivity contribution in [2.45, 2.75) is 44.4 Å². The summed E-state index contributed by atoms with van der Waals surface area (Å²) in [6.45, 7) is 9.41. The SMILES string of the molecule is CCNC(=NCC(C)(C)S(C)(=O)=O)NCC(c1cccs1)N1CCCC1. The van der Waals surface area contributed by atoms with E-state index in [1.807, 2.05) is 6.92 Å². The highest BCUT2D eigenvalue weighted by atomic mass is 32.2. The van der Waals surface area contributed by atoms with E-state index in [1.54, 1.807) is 25.2 Å². The van der Waals surface area contributed by atoms with Crippen molar-refractivity contribution in [2.24, 2.45) is 4.99 Å². The van der Waals surface area contributed by atoms with Crippen LogP contribution in [0.1, 0.15) is 44.5 Å². The highest BCUT2D eigenvalue weighted by molar-refractivity contribution is 7.92. The quantitative estimate of drug-likeness (QED) is 0.517. The maximum Gasteiger partial charge on any atom is 0.191 e. The highest BCUT2D eigenvalue weighted by Gasteiger charge is 2.30. The molecule has 0 radical (unpaired) electrons. The van der Waals surface area contributed by atoms with Crippen molar-refractivity contribution in [3.63, 3.8) is 0 Å². The van der Waals surface area contributed by atoms with Crippen molar-refractivity contribution in [2.75, 3.05) is 39.0 Å². The molecule has 0 amide bonds. The molecule has 1 saturated heterocycles. The topological polar surface area (TPSA) is 73.8 Å². The molecule has 2 heterocycles. The fourth-order valence-electron chi connectivity index (χ4n) is 2.87. The van der Waals surface area contributed by atoms with Gasteiger partial charge in [0, 0.05) is 24.2 Å². The first-order chi connectivity index (χ1) is 12.2. The van der Waals surface area contributed by atoms with Crippen LogP contribution in [0.25, 0.3) is 0 Å². The molecule has 26 heavy (non-hydrogen) atoms. The van der Waals surface area contributed by atoms with Crippen molar-refractivity contribution in [3.8, 4) is 0 Å². The number of hydrogen-bond acceptors (Lipinski definition) is 5. The first kappa shape index (κ1) is 21.2. The van der Waals surface area contributed by atoms with Crippen LogP contribution in [0.3, 0.4) is 0 Å². The third-order valence-corrected chi connectivity index (χ3v) is 7.99. The zero-order valence-electron chi connectivity index (χ0n) is 16.3. The van der Waals surface area contributed by atoms with Gasteiger partial charge in [0.05, 0.1) is 17.3 Å². The van der Waals surface area contributed by atoms with Crippen molar-refractivity contribution < 1.29 is 8.42 Å². The summed E-state index contributed by atoms with van der Waals surface area (Å²) < 4.78 is 22.9. The molecule has 0 spiro atoms. The molecule has 2 rings (SSSR count). The molecule has 8 heteroatoms.